The first-order chi connectivity index (χ1) is 6.43. The third kappa shape index (κ3) is 4.92. The summed E-state index contributed by atoms with van der Waals surface area (Å²) in [6.07, 6.45) is 9.92. The van der Waals surface area contributed by atoms with Gasteiger partial charge in [-0.2, -0.15) is 0 Å². The van der Waals surface area contributed by atoms with Gasteiger partial charge in [-0.05, 0) is 19.4 Å². The summed E-state index contributed by atoms with van der Waals surface area (Å²) in [4.78, 5) is 2.53. The number of nitrogens with zero attached hydrogens (tertiary/aromatic N) is 1. The fourth-order valence-electron chi connectivity index (χ4n) is 1.67. The largest absolute Gasteiger partial charge is 0.314 e. The lowest BCUT2D eigenvalue weighted by atomic mass is 10.2. The molecule has 0 spiro atoms. The number of hydrogen-bond acceptors (Lipinski definition) is 2. The summed E-state index contributed by atoms with van der Waals surface area (Å²) in [5.74, 6) is 2.68. The molecule has 0 aromatic carbocycles. The van der Waals surface area contributed by atoms with E-state index in [1.54, 1.807) is 0 Å². The average molecular weight is 180 g/mol. The first-order valence-electron chi connectivity index (χ1n) is 5.30. The van der Waals surface area contributed by atoms with E-state index in [2.05, 4.69) is 16.1 Å². The zero-order valence-electron chi connectivity index (χ0n) is 8.39. The van der Waals surface area contributed by atoms with E-state index < -0.39 is 0 Å². The van der Waals surface area contributed by atoms with E-state index in [-0.39, 0.29) is 0 Å². The van der Waals surface area contributed by atoms with E-state index in [1.807, 2.05) is 0 Å². The molecule has 1 N–H and O–H groups in total. The molecule has 2 heteroatoms. The van der Waals surface area contributed by atoms with Crippen LogP contribution in [0.4, 0.5) is 0 Å². The van der Waals surface area contributed by atoms with Gasteiger partial charge in [0.05, 0.1) is 0 Å². The van der Waals surface area contributed by atoms with Crippen LogP contribution in [0.1, 0.15) is 25.7 Å². The lowest BCUT2D eigenvalue weighted by Gasteiger charge is -2.26. The SMILES string of the molecule is C#CCCCCCN1CCNCC1. The fraction of sp³-hybridized carbons (Fsp3) is 0.818. The van der Waals surface area contributed by atoms with Crippen LogP contribution in [0.25, 0.3) is 0 Å². The van der Waals surface area contributed by atoms with Crippen molar-refractivity contribution in [3.05, 3.63) is 0 Å². The molecule has 1 aliphatic rings. The lowest BCUT2D eigenvalue weighted by molar-refractivity contribution is 0.236. The van der Waals surface area contributed by atoms with Crippen molar-refractivity contribution in [2.75, 3.05) is 32.7 Å². The Morgan fingerprint density at radius 2 is 1.92 bits per heavy atom. The molecular formula is C11H20N2. The number of nitrogens with one attached hydrogen (secondary N) is 1. The van der Waals surface area contributed by atoms with Crippen molar-refractivity contribution in [3.63, 3.8) is 0 Å². The van der Waals surface area contributed by atoms with Crippen LogP contribution in [0.15, 0.2) is 0 Å². The van der Waals surface area contributed by atoms with Crippen molar-refractivity contribution < 1.29 is 0 Å². The third-order valence-electron chi connectivity index (χ3n) is 2.51. The van der Waals surface area contributed by atoms with Crippen molar-refractivity contribution in [3.8, 4) is 12.3 Å². The number of hydrogen-bond donors (Lipinski definition) is 1. The van der Waals surface area contributed by atoms with E-state index >= 15 is 0 Å². The maximum atomic E-state index is 5.18. The Morgan fingerprint density at radius 3 is 2.62 bits per heavy atom. The van der Waals surface area contributed by atoms with E-state index in [0.717, 1.165) is 19.5 Å². The fourth-order valence-corrected chi connectivity index (χ4v) is 1.67. The summed E-state index contributed by atoms with van der Waals surface area (Å²) in [7, 11) is 0. The Balaban J connectivity index is 1.90. The van der Waals surface area contributed by atoms with Gasteiger partial charge in [0.15, 0.2) is 0 Å². The lowest BCUT2D eigenvalue weighted by Crippen LogP contribution is -2.43. The van der Waals surface area contributed by atoms with E-state index in [9.17, 15) is 0 Å². The molecule has 13 heavy (non-hydrogen) atoms. The molecule has 1 aliphatic heterocycles. The van der Waals surface area contributed by atoms with Gasteiger partial charge in [-0.1, -0.05) is 6.42 Å². The van der Waals surface area contributed by atoms with Crippen LogP contribution < -0.4 is 5.32 Å². The van der Waals surface area contributed by atoms with E-state index in [1.165, 1.54) is 38.9 Å². The summed E-state index contributed by atoms with van der Waals surface area (Å²) in [6, 6.07) is 0. The topological polar surface area (TPSA) is 15.3 Å². The highest BCUT2D eigenvalue weighted by Crippen LogP contribution is 2.01. The van der Waals surface area contributed by atoms with Gasteiger partial charge in [0.25, 0.3) is 0 Å². The molecule has 0 amide bonds. The molecule has 0 atom stereocenters. The first kappa shape index (κ1) is 10.6. The first-order valence-corrected chi connectivity index (χ1v) is 5.30. The maximum absolute atomic E-state index is 5.18. The Hall–Kier alpha value is -0.520. The summed E-state index contributed by atoms with van der Waals surface area (Å²) in [5, 5.41) is 3.36. The highest BCUT2D eigenvalue weighted by molar-refractivity contribution is 4.82. The van der Waals surface area contributed by atoms with Crippen molar-refractivity contribution in [1.29, 1.82) is 0 Å². The van der Waals surface area contributed by atoms with Crippen LogP contribution in [-0.4, -0.2) is 37.6 Å². The summed E-state index contributed by atoms with van der Waals surface area (Å²) >= 11 is 0. The minimum absolute atomic E-state index is 0.946. The van der Waals surface area contributed by atoms with Crippen LogP contribution in [0.5, 0.6) is 0 Å². The second-order valence-corrected chi connectivity index (χ2v) is 3.61. The predicted octanol–water partition coefficient (Wildman–Crippen LogP) is 1.09. The van der Waals surface area contributed by atoms with Gasteiger partial charge >= 0.3 is 0 Å². The third-order valence-corrected chi connectivity index (χ3v) is 2.51. The van der Waals surface area contributed by atoms with Crippen LogP contribution in [0.2, 0.25) is 0 Å². The molecule has 0 unspecified atom stereocenters. The van der Waals surface area contributed by atoms with Crippen molar-refractivity contribution in [2.24, 2.45) is 0 Å². The van der Waals surface area contributed by atoms with Crippen LogP contribution in [0.3, 0.4) is 0 Å². The molecule has 0 saturated carbocycles. The maximum Gasteiger partial charge on any atom is 0.0107 e. The highest BCUT2D eigenvalue weighted by atomic mass is 15.2. The summed E-state index contributed by atoms with van der Waals surface area (Å²) in [6.45, 7) is 6.01. The quantitative estimate of drug-likeness (QED) is 0.503. The van der Waals surface area contributed by atoms with Crippen molar-refractivity contribution in [1.82, 2.24) is 10.2 Å². The van der Waals surface area contributed by atoms with Crippen LogP contribution in [0, 0.1) is 12.3 Å². The smallest absolute Gasteiger partial charge is 0.0107 e. The van der Waals surface area contributed by atoms with Gasteiger partial charge in [-0.25, -0.2) is 0 Å². The standard InChI is InChI=1S/C11H20N2/c1-2-3-4-5-6-9-13-10-7-12-8-11-13/h1,12H,3-11H2. The Morgan fingerprint density at radius 1 is 1.15 bits per heavy atom. The Bertz CT molecular complexity index is 154. The van der Waals surface area contributed by atoms with Gasteiger partial charge in [0.2, 0.25) is 0 Å². The molecule has 0 bridgehead atoms. The average Bonchev–Trinajstić information content (AvgIpc) is 2.19. The highest BCUT2D eigenvalue weighted by Gasteiger charge is 2.07. The van der Waals surface area contributed by atoms with E-state index in [4.69, 9.17) is 6.42 Å². The zero-order chi connectivity index (χ0) is 9.36. The van der Waals surface area contributed by atoms with Crippen molar-refractivity contribution in [2.45, 2.75) is 25.7 Å². The number of terminal acetylenes is 1. The molecule has 1 fully saturated rings. The Kier molecular flexibility index (Phi) is 5.64. The number of unbranched alkanes of at least 4 members (excludes halogenated alkanes) is 3. The van der Waals surface area contributed by atoms with Gasteiger partial charge in [0, 0.05) is 32.6 Å². The summed E-state index contributed by atoms with van der Waals surface area (Å²) < 4.78 is 0. The normalized spacial score (nSPS) is 18.4. The second-order valence-electron chi connectivity index (χ2n) is 3.61. The molecule has 74 valence electrons. The van der Waals surface area contributed by atoms with Crippen LogP contribution >= 0.6 is 0 Å². The molecule has 0 aromatic heterocycles. The van der Waals surface area contributed by atoms with Crippen LogP contribution in [-0.2, 0) is 0 Å². The second kappa shape index (κ2) is 6.94. The minimum atomic E-state index is 0.946. The van der Waals surface area contributed by atoms with Gasteiger partial charge < -0.3 is 10.2 Å². The molecule has 1 heterocycles. The minimum Gasteiger partial charge on any atom is -0.314 e. The molecule has 0 aromatic rings. The molecule has 0 aliphatic carbocycles. The summed E-state index contributed by atoms with van der Waals surface area (Å²) in [5.41, 5.74) is 0. The monoisotopic (exact) mass is 180 g/mol. The number of piperazine rings is 1. The van der Waals surface area contributed by atoms with E-state index in [0.29, 0.717) is 0 Å². The molecule has 1 rings (SSSR count). The molecular weight excluding hydrogens is 160 g/mol. The van der Waals surface area contributed by atoms with Gasteiger partial charge in [-0.15, -0.1) is 12.3 Å². The number of rotatable bonds is 5. The molecule has 0 radical (unpaired) electrons. The molecule has 2 nitrogen and oxygen atoms in total. The van der Waals surface area contributed by atoms with Gasteiger partial charge in [0.1, 0.15) is 0 Å². The Labute approximate surface area is 81.7 Å². The van der Waals surface area contributed by atoms with Crippen molar-refractivity contribution >= 4 is 0 Å². The predicted molar refractivity (Wildman–Crippen MR) is 56.6 cm³/mol. The molecule has 1 saturated heterocycles. The zero-order valence-corrected chi connectivity index (χ0v) is 8.39. The van der Waals surface area contributed by atoms with Gasteiger partial charge in [-0.3, -0.25) is 0 Å².